The van der Waals surface area contributed by atoms with Crippen LogP contribution in [0, 0.1) is 0 Å². The Balaban J connectivity index is 1.74. The molecule has 1 unspecified atom stereocenters. The van der Waals surface area contributed by atoms with Gasteiger partial charge in [-0.25, -0.2) is 9.97 Å². The average Bonchev–Trinajstić information content (AvgIpc) is 2.56. The highest BCUT2D eigenvalue weighted by atomic mass is 16.5. The molecular weight excluding hydrogens is 252 g/mol. The van der Waals surface area contributed by atoms with Crippen LogP contribution < -0.4 is 15.0 Å². The summed E-state index contributed by atoms with van der Waals surface area (Å²) in [6.45, 7) is 2.78. The van der Waals surface area contributed by atoms with E-state index < -0.39 is 0 Å². The molecule has 1 N–H and O–H groups in total. The summed E-state index contributed by atoms with van der Waals surface area (Å²) in [7, 11) is 1.68. The van der Waals surface area contributed by atoms with Gasteiger partial charge in [-0.05, 0) is 30.3 Å². The van der Waals surface area contributed by atoms with Crippen molar-refractivity contribution in [3.8, 4) is 5.75 Å². The molecule has 2 heterocycles. The highest BCUT2D eigenvalue weighted by molar-refractivity contribution is 5.49. The third kappa shape index (κ3) is 2.72. The fourth-order valence-electron chi connectivity index (χ4n) is 2.44. The van der Waals surface area contributed by atoms with Crippen LogP contribution in [0.25, 0.3) is 0 Å². The summed E-state index contributed by atoms with van der Waals surface area (Å²) in [5, 5.41) is 3.47. The predicted octanol–water partition coefficient (Wildman–Crippen LogP) is 1.64. The van der Waals surface area contributed by atoms with Crippen LogP contribution in [0.1, 0.15) is 11.9 Å². The number of piperazine rings is 1. The second-order valence-corrected chi connectivity index (χ2v) is 4.76. The molecule has 5 nitrogen and oxygen atoms in total. The molecule has 0 spiro atoms. The van der Waals surface area contributed by atoms with Gasteiger partial charge in [0.2, 0.25) is 0 Å². The number of rotatable bonds is 3. The molecule has 0 bridgehead atoms. The van der Waals surface area contributed by atoms with Gasteiger partial charge < -0.3 is 15.0 Å². The minimum absolute atomic E-state index is 0.173. The fraction of sp³-hybridized carbons (Fsp3) is 0.333. The van der Waals surface area contributed by atoms with Crippen molar-refractivity contribution in [2.45, 2.75) is 6.04 Å². The van der Waals surface area contributed by atoms with Gasteiger partial charge in [-0.3, -0.25) is 0 Å². The summed E-state index contributed by atoms with van der Waals surface area (Å²) in [6, 6.07) is 10.2. The first kappa shape index (κ1) is 12.9. The number of hydrogen-bond acceptors (Lipinski definition) is 5. The molecule has 1 aliphatic rings. The van der Waals surface area contributed by atoms with E-state index in [4.69, 9.17) is 4.74 Å². The molecule has 20 heavy (non-hydrogen) atoms. The van der Waals surface area contributed by atoms with Gasteiger partial charge in [0.05, 0.1) is 13.2 Å². The quantitative estimate of drug-likeness (QED) is 0.918. The Morgan fingerprint density at radius 2 is 1.95 bits per heavy atom. The first-order valence-electron chi connectivity index (χ1n) is 6.76. The normalized spacial score (nSPS) is 18.9. The minimum Gasteiger partial charge on any atom is -0.497 e. The van der Waals surface area contributed by atoms with Crippen LogP contribution in [0.5, 0.6) is 5.75 Å². The third-order valence-electron chi connectivity index (χ3n) is 3.51. The van der Waals surface area contributed by atoms with Crippen molar-refractivity contribution in [3.05, 3.63) is 48.5 Å². The van der Waals surface area contributed by atoms with Gasteiger partial charge in [-0.2, -0.15) is 0 Å². The van der Waals surface area contributed by atoms with Gasteiger partial charge >= 0.3 is 0 Å². The van der Waals surface area contributed by atoms with Crippen LogP contribution in [-0.2, 0) is 0 Å². The zero-order chi connectivity index (χ0) is 13.8. The molecule has 1 aliphatic heterocycles. The van der Waals surface area contributed by atoms with Gasteiger partial charge in [-0.1, -0.05) is 0 Å². The molecule has 0 amide bonds. The zero-order valence-corrected chi connectivity index (χ0v) is 11.5. The summed E-state index contributed by atoms with van der Waals surface area (Å²) in [5.41, 5.74) is 1.20. The topological polar surface area (TPSA) is 50.3 Å². The Bertz CT molecular complexity index is 544. The Hall–Kier alpha value is -2.14. The van der Waals surface area contributed by atoms with E-state index in [0.717, 1.165) is 31.2 Å². The Morgan fingerprint density at radius 1 is 1.20 bits per heavy atom. The summed E-state index contributed by atoms with van der Waals surface area (Å²) in [5.74, 6) is 1.73. The number of nitrogens with zero attached hydrogens (tertiary/aromatic N) is 3. The molecule has 0 saturated carbocycles. The van der Waals surface area contributed by atoms with Crippen molar-refractivity contribution in [2.75, 3.05) is 31.6 Å². The van der Waals surface area contributed by atoms with Gasteiger partial charge in [0, 0.05) is 37.7 Å². The Kier molecular flexibility index (Phi) is 3.78. The van der Waals surface area contributed by atoms with Gasteiger partial charge in [0.15, 0.2) is 0 Å². The van der Waals surface area contributed by atoms with Crippen molar-refractivity contribution in [1.29, 1.82) is 0 Å². The molecule has 104 valence electrons. The van der Waals surface area contributed by atoms with Crippen LogP contribution in [-0.4, -0.2) is 36.7 Å². The molecule has 5 heteroatoms. The summed E-state index contributed by atoms with van der Waals surface area (Å²) in [6.07, 6.45) is 3.58. The lowest BCUT2D eigenvalue weighted by Crippen LogP contribution is -2.46. The van der Waals surface area contributed by atoms with Crippen molar-refractivity contribution in [1.82, 2.24) is 15.3 Å². The lowest BCUT2D eigenvalue weighted by Gasteiger charge is -2.34. The number of ether oxygens (including phenoxy) is 1. The summed E-state index contributed by atoms with van der Waals surface area (Å²) >= 11 is 0. The van der Waals surface area contributed by atoms with Gasteiger partial charge in [0.1, 0.15) is 11.6 Å². The molecule has 3 rings (SSSR count). The van der Waals surface area contributed by atoms with Crippen molar-refractivity contribution >= 4 is 5.69 Å². The van der Waals surface area contributed by atoms with Crippen LogP contribution in [0.2, 0.25) is 0 Å². The van der Waals surface area contributed by atoms with Gasteiger partial charge in [0.25, 0.3) is 0 Å². The van der Waals surface area contributed by atoms with Crippen molar-refractivity contribution < 1.29 is 4.74 Å². The lowest BCUT2D eigenvalue weighted by atomic mass is 10.1. The molecule has 0 aliphatic carbocycles. The van der Waals surface area contributed by atoms with Gasteiger partial charge in [-0.15, -0.1) is 0 Å². The molecule has 0 radical (unpaired) electrons. The highest BCUT2D eigenvalue weighted by Gasteiger charge is 2.22. The number of nitrogens with one attached hydrogen (secondary N) is 1. The van der Waals surface area contributed by atoms with Crippen molar-refractivity contribution in [2.24, 2.45) is 0 Å². The van der Waals surface area contributed by atoms with Crippen LogP contribution in [0.3, 0.4) is 0 Å². The van der Waals surface area contributed by atoms with Crippen molar-refractivity contribution in [3.63, 3.8) is 0 Å². The lowest BCUT2D eigenvalue weighted by molar-refractivity contribution is 0.414. The Labute approximate surface area is 118 Å². The predicted molar refractivity (Wildman–Crippen MR) is 78.0 cm³/mol. The van der Waals surface area contributed by atoms with E-state index in [-0.39, 0.29) is 6.04 Å². The molecule has 1 atom stereocenters. The number of methoxy groups -OCH3 is 1. The third-order valence-corrected chi connectivity index (χ3v) is 3.51. The molecule has 1 fully saturated rings. The number of benzene rings is 1. The van der Waals surface area contributed by atoms with Crippen LogP contribution in [0.15, 0.2) is 42.7 Å². The maximum atomic E-state index is 5.20. The Morgan fingerprint density at radius 3 is 2.65 bits per heavy atom. The van der Waals surface area contributed by atoms with E-state index in [9.17, 15) is 0 Å². The SMILES string of the molecule is COc1ccc(N2CCNC(c3ncccn3)C2)cc1. The molecule has 1 saturated heterocycles. The molecule has 2 aromatic rings. The average molecular weight is 270 g/mol. The first-order valence-corrected chi connectivity index (χ1v) is 6.76. The highest BCUT2D eigenvalue weighted by Crippen LogP contribution is 2.23. The minimum atomic E-state index is 0.173. The van der Waals surface area contributed by atoms with Crippen LogP contribution >= 0.6 is 0 Å². The maximum absolute atomic E-state index is 5.20. The number of hydrogen-bond donors (Lipinski definition) is 1. The molecule has 1 aromatic heterocycles. The molecular formula is C15H18N4O. The van der Waals surface area contributed by atoms with E-state index >= 15 is 0 Å². The zero-order valence-electron chi connectivity index (χ0n) is 11.5. The monoisotopic (exact) mass is 270 g/mol. The van der Waals surface area contributed by atoms with Crippen LogP contribution in [0.4, 0.5) is 5.69 Å². The second kappa shape index (κ2) is 5.88. The van der Waals surface area contributed by atoms with E-state index in [1.165, 1.54) is 5.69 Å². The number of anilines is 1. The fourth-order valence-corrected chi connectivity index (χ4v) is 2.44. The first-order chi connectivity index (χ1) is 9.86. The summed E-state index contributed by atoms with van der Waals surface area (Å²) < 4.78 is 5.20. The summed E-state index contributed by atoms with van der Waals surface area (Å²) in [4.78, 5) is 11.0. The second-order valence-electron chi connectivity index (χ2n) is 4.76. The number of aromatic nitrogens is 2. The van der Waals surface area contributed by atoms with E-state index in [1.807, 2.05) is 18.2 Å². The van der Waals surface area contributed by atoms with E-state index in [1.54, 1.807) is 19.5 Å². The molecule has 1 aromatic carbocycles. The smallest absolute Gasteiger partial charge is 0.146 e. The van der Waals surface area contributed by atoms with E-state index in [0.29, 0.717) is 0 Å². The maximum Gasteiger partial charge on any atom is 0.146 e. The largest absolute Gasteiger partial charge is 0.497 e. The van der Waals surface area contributed by atoms with E-state index in [2.05, 4.69) is 32.3 Å². The standard InChI is InChI=1S/C15H18N4O/c1-20-13-5-3-12(4-6-13)19-10-9-16-14(11-19)15-17-7-2-8-18-15/h2-8,14,16H,9-11H2,1H3.